The van der Waals surface area contributed by atoms with Crippen molar-refractivity contribution in [3.05, 3.63) is 89.9 Å². The Morgan fingerprint density at radius 3 is 2.32 bits per heavy atom. The Labute approximate surface area is 177 Å². The van der Waals surface area contributed by atoms with E-state index in [1.807, 2.05) is 30.3 Å². The maximum absolute atomic E-state index is 14.2. The minimum atomic E-state index is -1.32. The van der Waals surface area contributed by atoms with Gasteiger partial charge in [0.1, 0.15) is 5.82 Å². The van der Waals surface area contributed by atoms with Crippen LogP contribution in [0.25, 0.3) is 22.0 Å². The first-order valence-electron chi connectivity index (χ1n) is 9.48. The number of amides is 1. The molecule has 1 aromatic heterocycles. The van der Waals surface area contributed by atoms with E-state index in [-0.39, 0.29) is 11.5 Å². The monoisotopic (exact) mass is 415 g/mol. The smallest absolute Gasteiger partial charge is 0.338 e. The number of rotatable bonds is 5. The normalized spacial score (nSPS) is 10.6. The second-order valence-corrected chi connectivity index (χ2v) is 6.85. The van der Waals surface area contributed by atoms with Gasteiger partial charge in [0.25, 0.3) is 5.91 Å². The maximum atomic E-state index is 14.2. The molecule has 0 fully saturated rings. The maximum Gasteiger partial charge on any atom is 0.338 e. The van der Waals surface area contributed by atoms with Crippen LogP contribution in [0.2, 0.25) is 0 Å². The van der Waals surface area contributed by atoms with E-state index in [2.05, 4.69) is 15.6 Å². The number of fused-ring (bicyclic) bond motifs is 1. The summed E-state index contributed by atoms with van der Waals surface area (Å²) in [7, 11) is 1.54. The zero-order chi connectivity index (χ0) is 22.0. The predicted molar refractivity (Wildman–Crippen MR) is 117 cm³/mol. The van der Waals surface area contributed by atoms with Crippen molar-refractivity contribution in [2.24, 2.45) is 0 Å². The molecule has 1 amide bonds. The number of halogens is 1. The van der Waals surface area contributed by atoms with Gasteiger partial charge in [0, 0.05) is 24.3 Å². The van der Waals surface area contributed by atoms with Crippen molar-refractivity contribution in [3.63, 3.8) is 0 Å². The summed E-state index contributed by atoms with van der Waals surface area (Å²) in [6.45, 7) is 0. The molecule has 154 valence electrons. The van der Waals surface area contributed by atoms with Gasteiger partial charge in [0.2, 0.25) is 0 Å². The van der Waals surface area contributed by atoms with Gasteiger partial charge < -0.3 is 15.7 Å². The molecule has 0 unspecified atom stereocenters. The molecule has 31 heavy (non-hydrogen) atoms. The van der Waals surface area contributed by atoms with E-state index < -0.39 is 11.8 Å². The van der Waals surface area contributed by atoms with Gasteiger partial charge in [-0.1, -0.05) is 30.3 Å². The number of nitrogens with zero attached hydrogens (tertiary/aromatic N) is 1. The molecule has 0 radical (unpaired) electrons. The third kappa shape index (κ3) is 3.93. The lowest BCUT2D eigenvalue weighted by atomic mass is 9.99. The van der Waals surface area contributed by atoms with Crippen LogP contribution in [0.4, 0.5) is 15.8 Å². The Morgan fingerprint density at radius 2 is 1.65 bits per heavy atom. The van der Waals surface area contributed by atoms with E-state index in [0.29, 0.717) is 33.3 Å². The van der Waals surface area contributed by atoms with E-state index in [0.717, 1.165) is 5.69 Å². The third-order valence-corrected chi connectivity index (χ3v) is 4.92. The number of hydrogen-bond donors (Lipinski definition) is 3. The summed E-state index contributed by atoms with van der Waals surface area (Å²) in [5.41, 5.74) is 3.17. The Balaban J connectivity index is 1.89. The van der Waals surface area contributed by atoms with Crippen molar-refractivity contribution in [2.45, 2.75) is 0 Å². The van der Waals surface area contributed by atoms with Gasteiger partial charge >= 0.3 is 5.97 Å². The van der Waals surface area contributed by atoms with Crippen LogP contribution in [-0.2, 0) is 0 Å². The predicted octanol–water partition coefficient (Wildman–Crippen LogP) is 4.84. The number of hydrogen-bond acceptors (Lipinski definition) is 4. The quantitative estimate of drug-likeness (QED) is 0.434. The highest BCUT2D eigenvalue weighted by molar-refractivity contribution is 6.08. The number of nitrogens with one attached hydrogen (secondary N) is 2. The van der Waals surface area contributed by atoms with Crippen LogP contribution in [-0.4, -0.2) is 29.0 Å². The highest BCUT2D eigenvalue weighted by Crippen LogP contribution is 2.33. The zero-order valence-electron chi connectivity index (χ0n) is 16.5. The lowest BCUT2D eigenvalue weighted by molar-refractivity contribution is 0.0691. The molecule has 4 rings (SSSR count). The summed E-state index contributed by atoms with van der Waals surface area (Å²) in [4.78, 5) is 28.0. The number of carboxylic acids is 1. The molecule has 0 aliphatic heterocycles. The number of para-hydroxylation sites is 1. The van der Waals surface area contributed by atoms with Gasteiger partial charge in [0.15, 0.2) is 0 Å². The first kappa shape index (κ1) is 20.0. The summed E-state index contributed by atoms with van der Waals surface area (Å²) in [5, 5.41) is 15.6. The SMILES string of the molecule is CNC(=O)c1cnc2ccc(-c3ccc(C(=O)O)c(F)c3)cc2c1Nc1ccccc1. The Morgan fingerprint density at radius 1 is 0.935 bits per heavy atom. The minimum Gasteiger partial charge on any atom is -0.478 e. The van der Waals surface area contributed by atoms with E-state index >= 15 is 0 Å². The standard InChI is InChI=1S/C24H18FN3O3/c1-26-23(29)19-13-27-21-10-8-14(15-7-9-17(24(30)31)20(25)12-15)11-18(21)22(19)28-16-5-3-2-4-6-16/h2-13H,1H3,(H,26,29)(H,27,28)(H,30,31). The van der Waals surface area contributed by atoms with Gasteiger partial charge in [-0.3, -0.25) is 9.78 Å². The lowest BCUT2D eigenvalue weighted by Gasteiger charge is -2.15. The number of carbonyl (C=O) groups excluding carboxylic acids is 1. The Hall–Kier alpha value is -4.26. The largest absolute Gasteiger partial charge is 0.478 e. The fourth-order valence-corrected chi connectivity index (χ4v) is 3.35. The van der Waals surface area contributed by atoms with Crippen molar-refractivity contribution in [3.8, 4) is 11.1 Å². The summed E-state index contributed by atoms with van der Waals surface area (Å²) in [6.07, 6.45) is 1.51. The molecule has 7 heteroatoms. The molecule has 0 aliphatic carbocycles. The molecule has 6 nitrogen and oxygen atoms in total. The van der Waals surface area contributed by atoms with Crippen LogP contribution in [0.15, 0.2) is 72.9 Å². The summed E-state index contributed by atoms with van der Waals surface area (Å²) in [5.74, 6) is -2.43. The average molecular weight is 415 g/mol. The van der Waals surface area contributed by atoms with Gasteiger partial charge in [-0.05, 0) is 47.5 Å². The topological polar surface area (TPSA) is 91.3 Å². The fraction of sp³-hybridized carbons (Fsp3) is 0.0417. The number of carboxylic acid groups (broad SMARTS) is 1. The van der Waals surface area contributed by atoms with Gasteiger partial charge in [-0.15, -0.1) is 0 Å². The molecule has 0 aliphatic rings. The van der Waals surface area contributed by atoms with E-state index in [4.69, 9.17) is 5.11 Å². The highest BCUT2D eigenvalue weighted by atomic mass is 19.1. The number of benzene rings is 3. The molecule has 0 saturated carbocycles. The molecule has 0 atom stereocenters. The molecule has 3 N–H and O–H groups in total. The highest BCUT2D eigenvalue weighted by Gasteiger charge is 2.17. The van der Waals surface area contributed by atoms with E-state index in [1.165, 1.54) is 18.3 Å². The molecule has 1 heterocycles. The second-order valence-electron chi connectivity index (χ2n) is 6.85. The van der Waals surface area contributed by atoms with Gasteiger partial charge in [-0.2, -0.15) is 0 Å². The van der Waals surface area contributed by atoms with Crippen molar-refractivity contribution in [1.82, 2.24) is 10.3 Å². The molecule has 0 spiro atoms. The van der Waals surface area contributed by atoms with Crippen LogP contribution in [0.5, 0.6) is 0 Å². The zero-order valence-corrected chi connectivity index (χ0v) is 16.5. The Bertz CT molecular complexity index is 1310. The van der Waals surface area contributed by atoms with Crippen molar-refractivity contribution in [1.29, 1.82) is 0 Å². The summed E-state index contributed by atoms with van der Waals surface area (Å²) < 4.78 is 14.2. The average Bonchev–Trinajstić information content (AvgIpc) is 2.79. The minimum absolute atomic E-state index is 0.296. The van der Waals surface area contributed by atoms with Gasteiger partial charge in [-0.25, -0.2) is 9.18 Å². The second kappa shape index (κ2) is 8.23. The molecule has 0 saturated heterocycles. The van der Waals surface area contributed by atoms with Crippen LogP contribution in [0.3, 0.4) is 0 Å². The first-order chi connectivity index (χ1) is 15.0. The first-order valence-corrected chi connectivity index (χ1v) is 9.48. The third-order valence-electron chi connectivity index (χ3n) is 4.92. The summed E-state index contributed by atoms with van der Waals surface area (Å²) in [6, 6.07) is 18.7. The number of aromatic nitrogens is 1. The van der Waals surface area contributed by atoms with Crippen molar-refractivity contribution >= 4 is 34.2 Å². The van der Waals surface area contributed by atoms with Gasteiger partial charge in [0.05, 0.1) is 22.3 Å². The van der Waals surface area contributed by atoms with Crippen LogP contribution < -0.4 is 10.6 Å². The number of anilines is 2. The number of carbonyl (C=O) groups is 2. The lowest BCUT2D eigenvalue weighted by Crippen LogP contribution is -2.19. The van der Waals surface area contributed by atoms with Crippen LogP contribution in [0.1, 0.15) is 20.7 Å². The number of pyridine rings is 1. The van der Waals surface area contributed by atoms with Crippen LogP contribution in [0, 0.1) is 5.82 Å². The van der Waals surface area contributed by atoms with Crippen molar-refractivity contribution in [2.75, 3.05) is 12.4 Å². The molecular formula is C24H18FN3O3. The van der Waals surface area contributed by atoms with E-state index in [1.54, 1.807) is 31.3 Å². The molecule has 0 bridgehead atoms. The number of aromatic carboxylic acids is 1. The van der Waals surface area contributed by atoms with Crippen molar-refractivity contribution < 1.29 is 19.1 Å². The van der Waals surface area contributed by atoms with E-state index in [9.17, 15) is 14.0 Å². The molecule has 4 aromatic rings. The Kier molecular flexibility index (Phi) is 5.32. The molecular weight excluding hydrogens is 397 g/mol. The summed E-state index contributed by atoms with van der Waals surface area (Å²) >= 11 is 0. The molecule has 3 aromatic carbocycles. The fourth-order valence-electron chi connectivity index (χ4n) is 3.35. The van der Waals surface area contributed by atoms with Crippen LogP contribution >= 0.6 is 0 Å².